The summed E-state index contributed by atoms with van der Waals surface area (Å²) in [7, 11) is 2.96. The maximum Gasteiger partial charge on any atom is 0.217 e. The summed E-state index contributed by atoms with van der Waals surface area (Å²) >= 11 is 0. The number of rotatable bonds is 4. The molecular formula is C20H20N4O4. The van der Waals surface area contributed by atoms with E-state index in [0.29, 0.717) is 23.5 Å². The summed E-state index contributed by atoms with van der Waals surface area (Å²) in [5.74, 6) is -1.53. The fourth-order valence-corrected chi connectivity index (χ4v) is 4.36. The first-order valence-electron chi connectivity index (χ1n) is 8.77. The minimum Gasteiger partial charge on any atom is -0.497 e. The van der Waals surface area contributed by atoms with Gasteiger partial charge in [0.15, 0.2) is 5.41 Å². The maximum absolute atomic E-state index is 10.1. The van der Waals surface area contributed by atoms with Gasteiger partial charge in [-0.3, -0.25) is 5.41 Å². The van der Waals surface area contributed by atoms with Crippen LogP contribution in [-0.2, 0) is 9.47 Å². The van der Waals surface area contributed by atoms with Gasteiger partial charge in [-0.05, 0) is 12.1 Å². The number of nitrogens with zero attached hydrogens (tertiary/aromatic N) is 3. The molecular weight excluding hydrogens is 360 g/mol. The Morgan fingerprint density at radius 2 is 1.82 bits per heavy atom. The number of ether oxygens (including phenoxy) is 4. The van der Waals surface area contributed by atoms with Crippen molar-refractivity contribution in [1.29, 1.82) is 21.2 Å². The Hall–Kier alpha value is -3.28. The summed E-state index contributed by atoms with van der Waals surface area (Å²) in [6.07, 6.45) is -0.830. The van der Waals surface area contributed by atoms with E-state index < -0.39 is 34.5 Å². The van der Waals surface area contributed by atoms with Crippen LogP contribution >= 0.6 is 0 Å². The van der Waals surface area contributed by atoms with Crippen molar-refractivity contribution in [3.8, 4) is 29.7 Å². The van der Waals surface area contributed by atoms with Crippen molar-refractivity contribution in [3.05, 3.63) is 23.8 Å². The Morgan fingerprint density at radius 3 is 2.32 bits per heavy atom. The fraction of sp³-hybridized carbons (Fsp3) is 0.500. The van der Waals surface area contributed by atoms with Gasteiger partial charge in [-0.1, -0.05) is 13.8 Å². The van der Waals surface area contributed by atoms with Crippen molar-refractivity contribution in [2.45, 2.75) is 32.2 Å². The zero-order chi connectivity index (χ0) is 20.7. The molecule has 3 rings (SSSR count). The number of nitriles is 3. The Bertz CT molecular complexity index is 942. The van der Waals surface area contributed by atoms with Crippen LogP contribution in [0.1, 0.15) is 31.9 Å². The van der Waals surface area contributed by atoms with Crippen molar-refractivity contribution < 1.29 is 18.9 Å². The second kappa shape index (κ2) is 6.41. The lowest BCUT2D eigenvalue weighted by Gasteiger charge is -2.48. The predicted octanol–water partition coefficient (Wildman–Crippen LogP) is 3.07. The van der Waals surface area contributed by atoms with Crippen LogP contribution in [-0.4, -0.2) is 25.9 Å². The Kier molecular flexibility index (Phi) is 4.46. The molecule has 2 saturated heterocycles. The summed E-state index contributed by atoms with van der Waals surface area (Å²) in [5.41, 5.74) is -3.37. The van der Waals surface area contributed by atoms with Crippen LogP contribution in [0.15, 0.2) is 18.2 Å². The van der Waals surface area contributed by atoms with Gasteiger partial charge >= 0.3 is 0 Å². The number of fused-ring (bicyclic) bond motifs is 2. The highest BCUT2D eigenvalue weighted by Gasteiger charge is 2.79. The normalized spacial score (nSPS) is 32.4. The SMILES string of the molecule is CCC12OC(=N)C(C#N)(C1C)C(C#N)(C#N)C(c1ccc(OC)cc1OC)O2. The molecule has 0 saturated carbocycles. The van der Waals surface area contributed by atoms with Gasteiger partial charge in [-0.25, -0.2) is 0 Å². The van der Waals surface area contributed by atoms with E-state index in [4.69, 9.17) is 24.4 Å². The second-order valence-corrected chi connectivity index (χ2v) is 6.88. The number of nitrogens with one attached hydrogen (secondary N) is 1. The minimum absolute atomic E-state index is 0.335. The Labute approximate surface area is 163 Å². The van der Waals surface area contributed by atoms with E-state index in [2.05, 4.69) is 6.07 Å². The van der Waals surface area contributed by atoms with Crippen LogP contribution < -0.4 is 9.47 Å². The first kappa shape index (κ1) is 19.5. The average molecular weight is 380 g/mol. The molecule has 1 aromatic carbocycles. The number of benzene rings is 1. The Morgan fingerprint density at radius 1 is 1.14 bits per heavy atom. The lowest BCUT2D eigenvalue weighted by molar-refractivity contribution is -0.280. The predicted molar refractivity (Wildman–Crippen MR) is 96.1 cm³/mol. The van der Waals surface area contributed by atoms with Gasteiger partial charge in [0.2, 0.25) is 17.1 Å². The van der Waals surface area contributed by atoms with Crippen LogP contribution in [0.3, 0.4) is 0 Å². The van der Waals surface area contributed by atoms with E-state index in [1.54, 1.807) is 25.1 Å². The minimum atomic E-state index is -2.00. The topological polar surface area (TPSA) is 132 Å². The van der Waals surface area contributed by atoms with Crippen molar-refractivity contribution in [3.63, 3.8) is 0 Å². The summed E-state index contributed by atoms with van der Waals surface area (Å²) in [4.78, 5) is 0. The van der Waals surface area contributed by atoms with E-state index in [9.17, 15) is 15.8 Å². The molecule has 2 heterocycles. The number of methoxy groups -OCH3 is 2. The lowest BCUT2D eigenvalue weighted by Crippen LogP contribution is -2.58. The van der Waals surface area contributed by atoms with E-state index >= 15 is 0 Å². The molecule has 28 heavy (non-hydrogen) atoms. The van der Waals surface area contributed by atoms with Gasteiger partial charge in [0, 0.05) is 18.1 Å². The van der Waals surface area contributed by atoms with Gasteiger partial charge in [-0.2, -0.15) is 15.8 Å². The molecule has 2 fully saturated rings. The van der Waals surface area contributed by atoms with Crippen LogP contribution in [0.5, 0.6) is 11.5 Å². The Balaban J connectivity index is 2.34. The molecule has 8 heteroatoms. The highest BCUT2D eigenvalue weighted by molar-refractivity contribution is 5.89. The van der Waals surface area contributed by atoms with E-state index in [1.165, 1.54) is 14.2 Å². The van der Waals surface area contributed by atoms with E-state index in [0.717, 1.165) is 0 Å². The van der Waals surface area contributed by atoms with Gasteiger partial charge in [0.1, 0.15) is 17.6 Å². The first-order chi connectivity index (χ1) is 13.4. The van der Waals surface area contributed by atoms with Gasteiger partial charge in [-0.15, -0.1) is 0 Å². The molecule has 4 unspecified atom stereocenters. The van der Waals surface area contributed by atoms with Crippen molar-refractivity contribution >= 4 is 5.90 Å². The molecule has 144 valence electrons. The second-order valence-electron chi connectivity index (χ2n) is 6.88. The summed E-state index contributed by atoms with van der Waals surface area (Å²) in [6.45, 7) is 3.49. The molecule has 0 aromatic heterocycles. The highest BCUT2D eigenvalue weighted by atomic mass is 16.7. The molecule has 0 amide bonds. The maximum atomic E-state index is 10.1. The zero-order valence-corrected chi connectivity index (χ0v) is 16.1. The summed E-state index contributed by atoms with van der Waals surface area (Å²) in [5, 5.41) is 38.7. The van der Waals surface area contributed by atoms with Gasteiger partial charge in [0.25, 0.3) is 0 Å². The van der Waals surface area contributed by atoms with Crippen molar-refractivity contribution in [2.75, 3.05) is 14.2 Å². The van der Waals surface area contributed by atoms with Crippen LogP contribution in [0.25, 0.3) is 0 Å². The van der Waals surface area contributed by atoms with E-state index in [-0.39, 0.29) is 0 Å². The summed E-state index contributed by atoms with van der Waals surface area (Å²) < 4.78 is 22.6. The van der Waals surface area contributed by atoms with Crippen molar-refractivity contribution in [2.24, 2.45) is 16.7 Å². The molecule has 2 bridgehead atoms. The van der Waals surface area contributed by atoms with Crippen LogP contribution in [0.2, 0.25) is 0 Å². The number of hydrogen-bond donors (Lipinski definition) is 1. The zero-order valence-electron chi connectivity index (χ0n) is 16.1. The third-order valence-electron chi connectivity index (χ3n) is 6.02. The lowest BCUT2D eigenvalue weighted by atomic mass is 9.53. The summed E-state index contributed by atoms with van der Waals surface area (Å²) in [6, 6.07) is 11.0. The van der Waals surface area contributed by atoms with Crippen LogP contribution in [0, 0.1) is 56.2 Å². The highest BCUT2D eigenvalue weighted by Crippen LogP contribution is 2.67. The quantitative estimate of drug-likeness (QED) is 0.848. The van der Waals surface area contributed by atoms with Gasteiger partial charge in [0.05, 0.1) is 38.3 Å². The third kappa shape index (κ3) is 2.03. The molecule has 0 radical (unpaired) electrons. The molecule has 0 spiro atoms. The third-order valence-corrected chi connectivity index (χ3v) is 6.02. The molecule has 8 nitrogen and oxygen atoms in total. The fourth-order valence-electron chi connectivity index (χ4n) is 4.36. The first-order valence-corrected chi connectivity index (χ1v) is 8.77. The molecule has 2 aliphatic heterocycles. The van der Waals surface area contributed by atoms with Crippen LogP contribution in [0.4, 0.5) is 0 Å². The molecule has 1 aromatic rings. The van der Waals surface area contributed by atoms with Gasteiger partial charge < -0.3 is 18.9 Å². The standard InChI is InChI=1S/C20H20N4O4/c1-5-20-12(2)19(11-23,17(24)28-20)18(9-21,10-22)16(27-20)14-7-6-13(25-3)8-15(14)26-4/h6-8,12,16,24H,5H2,1-4H3. The number of hydrogen-bond acceptors (Lipinski definition) is 8. The molecule has 4 atom stereocenters. The molecule has 0 aliphatic carbocycles. The van der Waals surface area contributed by atoms with E-state index in [1.807, 2.05) is 19.1 Å². The smallest absolute Gasteiger partial charge is 0.217 e. The average Bonchev–Trinajstić information content (AvgIpc) is 2.89. The largest absolute Gasteiger partial charge is 0.497 e. The van der Waals surface area contributed by atoms with Crippen molar-refractivity contribution in [1.82, 2.24) is 0 Å². The monoisotopic (exact) mass is 380 g/mol. The molecule has 1 N–H and O–H groups in total. The molecule has 2 aliphatic rings.